The SMILES string of the molecule is C=C(N)C(=C)C(C)CC. The predicted octanol–water partition coefficient (Wildman–Crippen LogP) is 2.06. The Morgan fingerprint density at radius 1 is 1.56 bits per heavy atom. The maximum absolute atomic E-state index is 5.42. The molecule has 52 valence electrons. The van der Waals surface area contributed by atoms with E-state index in [9.17, 15) is 0 Å². The van der Waals surface area contributed by atoms with E-state index in [0.29, 0.717) is 11.6 Å². The molecule has 0 aliphatic heterocycles. The average molecular weight is 125 g/mol. The summed E-state index contributed by atoms with van der Waals surface area (Å²) in [6.45, 7) is 11.6. The molecule has 0 heterocycles. The zero-order valence-electron chi connectivity index (χ0n) is 6.28. The van der Waals surface area contributed by atoms with Crippen LogP contribution in [0.5, 0.6) is 0 Å². The van der Waals surface area contributed by atoms with E-state index in [0.717, 1.165) is 12.0 Å². The highest BCUT2D eigenvalue weighted by Crippen LogP contribution is 2.15. The molecular weight excluding hydrogens is 110 g/mol. The molecule has 0 aromatic heterocycles. The Morgan fingerprint density at radius 2 is 2.00 bits per heavy atom. The van der Waals surface area contributed by atoms with Crippen LogP contribution < -0.4 is 5.73 Å². The van der Waals surface area contributed by atoms with E-state index in [1.165, 1.54) is 0 Å². The van der Waals surface area contributed by atoms with E-state index in [1.54, 1.807) is 0 Å². The fourth-order valence-electron chi connectivity index (χ4n) is 0.563. The summed E-state index contributed by atoms with van der Waals surface area (Å²) in [6.07, 6.45) is 1.08. The van der Waals surface area contributed by atoms with Crippen LogP contribution >= 0.6 is 0 Å². The third kappa shape index (κ3) is 2.36. The van der Waals surface area contributed by atoms with Gasteiger partial charge in [0, 0.05) is 5.70 Å². The summed E-state index contributed by atoms with van der Waals surface area (Å²) in [6, 6.07) is 0. The quantitative estimate of drug-likeness (QED) is 0.574. The van der Waals surface area contributed by atoms with Crippen LogP contribution in [0.1, 0.15) is 20.3 Å². The van der Waals surface area contributed by atoms with Crippen molar-refractivity contribution in [2.45, 2.75) is 20.3 Å². The highest BCUT2D eigenvalue weighted by atomic mass is 14.6. The van der Waals surface area contributed by atoms with Crippen LogP contribution in [0.4, 0.5) is 0 Å². The molecule has 0 bridgehead atoms. The lowest BCUT2D eigenvalue weighted by Crippen LogP contribution is -2.05. The second-order valence-electron chi connectivity index (χ2n) is 2.36. The van der Waals surface area contributed by atoms with E-state index < -0.39 is 0 Å². The van der Waals surface area contributed by atoms with Crippen LogP contribution in [0.15, 0.2) is 24.4 Å². The summed E-state index contributed by atoms with van der Waals surface area (Å²) in [5, 5.41) is 0. The van der Waals surface area contributed by atoms with Gasteiger partial charge in [-0.15, -0.1) is 0 Å². The first-order valence-corrected chi connectivity index (χ1v) is 3.23. The molecule has 0 spiro atoms. The summed E-state index contributed by atoms with van der Waals surface area (Å²) in [7, 11) is 0. The van der Waals surface area contributed by atoms with Gasteiger partial charge in [0.2, 0.25) is 0 Å². The Morgan fingerprint density at radius 3 is 2.11 bits per heavy atom. The normalized spacial score (nSPS) is 12.7. The Bertz CT molecular complexity index is 125. The summed E-state index contributed by atoms with van der Waals surface area (Å²) < 4.78 is 0. The van der Waals surface area contributed by atoms with Crippen LogP contribution in [0.25, 0.3) is 0 Å². The molecule has 0 radical (unpaired) electrons. The van der Waals surface area contributed by atoms with Gasteiger partial charge in [-0.3, -0.25) is 0 Å². The van der Waals surface area contributed by atoms with Crippen molar-refractivity contribution < 1.29 is 0 Å². The fraction of sp³-hybridized carbons (Fsp3) is 0.500. The largest absolute Gasteiger partial charge is 0.399 e. The zero-order valence-corrected chi connectivity index (χ0v) is 6.28. The maximum Gasteiger partial charge on any atom is 0.0270 e. The molecule has 0 aliphatic rings. The minimum atomic E-state index is 0.475. The van der Waals surface area contributed by atoms with Gasteiger partial charge in [0.25, 0.3) is 0 Å². The van der Waals surface area contributed by atoms with Crippen molar-refractivity contribution in [2.75, 3.05) is 0 Å². The molecule has 1 unspecified atom stereocenters. The minimum Gasteiger partial charge on any atom is -0.399 e. The topological polar surface area (TPSA) is 26.0 Å². The zero-order chi connectivity index (χ0) is 7.44. The highest BCUT2D eigenvalue weighted by molar-refractivity contribution is 5.23. The minimum absolute atomic E-state index is 0.475. The Hall–Kier alpha value is -0.720. The maximum atomic E-state index is 5.42. The van der Waals surface area contributed by atoms with Crippen molar-refractivity contribution in [1.29, 1.82) is 0 Å². The highest BCUT2D eigenvalue weighted by Gasteiger charge is 2.03. The third-order valence-corrected chi connectivity index (χ3v) is 1.62. The van der Waals surface area contributed by atoms with Gasteiger partial charge in [0.05, 0.1) is 0 Å². The number of rotatable bonds is 3. The molecule has 0 aliphatic carbocycles. The van der Waals surface area contributed by atoms with E-state index >= 15 is 0 Å². The third-order valence-electron chi connectivity index (χ3n) is 1.62. The van der Waals surface area contributed by atoms with E-state index in [-0.39, 0.29) is 0 Å². The molecule has 0 aromatic rings. The van der Waals surface area contributed by atoms with E-state index in [4.69, 9.17) is 5.73 Å². The van der Waals surface area contributed by atoms with Gasteiger partial charge in [-0.05, 0) is 17.9 Å². The lowest BCUT2D eigenvalue weighted by molar-refractivity contribution is 0.663. The van der Waals surface area contributed by atoms with Gasteiger partial charge in [-0.25, -0.2) is 0 Å². The van der Waals surface area contributed by atoms with Crippen molar-refractivity contribution in [2.24, 2.45) is 11.7 Å². The molecule has 0 aromatic carbocycles. The van der Waals surface area contributed by atoms with E-state index in [2.05, 4.69) is 27.0 Å². The summed E-state index contributed by atoms with van der Waals surface area (Å²) >= 11 is 0. The van der Waals surface area contributed by atoms with Gasteiger partial charge in [0.15, 0.2) is 0 Å². The van der Waals surface area contributed by atoms with Crippen LogP contribution in [-0.2, 0) is 0 Å². The summed E-state index contributed by atoms with van der Waals surface area (Å²) in [4.78, 5) is 0. The van der Waals surface area contributed by atoms with Crippen molar-refractivity contribution in [1.82, 2.24) is 0 Å². The van der Waals surface area contributed by atoms with Crippen molar-refractivity contribution in [3.8, 4) is 0 Å². The molecule has 0 amide bonds. The Kier molecular flexibility index (Phi) is 3.07. The van der Waals surface area contributed by atoms with Crippen LogP contribution in [0, 0.1) is 5.92 Å². The summed E-state index contributed by atoms with van der Waals surface area (Å²) in [5.41, 5.74) is 7.00. The van der Waals surface area contributed by atoms with Crippen molar-refractivity contribution in [3.05, 3.63) is 24.4 Å². The second-order valence-corrected chi connectivity index (χ2v) is 2.36. The first kappa shape index (κ1) is 8.28. The molecule has 1 heteroatoms. The average Bonchev–Trinajstić information content (AvgIpc) is 1.84. The molecule has 1 atom stereocenters. The fourth-order valence-corrected chi connectivity index (χ4v) is 0.563. The Labute approximate surface area is 57.3 Å². The summed E-state index contributed by atoms with van der Waals surface area (Å²) in [5.74, 6) is 0.475. The molecule has 0 saturated heterocycles. The smallest absolute Gasteiger partial charge is 0.0270 e. The molecule has 0 rings (SSSR count). The van der Waals surface area contributed by atoms with Crippen molar-refractivity contribution in [3.63, 3.8) is 0 Å². The second kappa shape index (κ2) is 3.33. The first-order valence-electron chi connectivity index (χ1n) is 3.23. The lowest BCUT2D eigenvalue weighted by Gasteiger charge is -2.10. The monoisotopic (exact) mass is 125 g/mol. The van der Waals surface area contributed by atoms with E-state index in [1.807, 2.05) is 0 Å². The molecule has 9 heavy (non-hydrogen) atoms. The first-order chi connectivity index (χ1) is 4.09. The van der Waals surface area contributed by atoms with Gasteiger partial charge in [0.1, 0.15) is 0 Å². The van der Waals surface area contributed by atoms with Crippen LogP contribution in [-0.4, -0.2) is 0 Å². The molecule has 1 nitrogen and oxygen atoms in total. The molecule has 0 fully saturated rings. The number of hydrogen-bond donors (Lipinski definition) is 1. The van der Waals surface area contributed by atoms with Gasteiger partial charge >= 0.3 is 0 Å². The van der Waals surface area contributed by atoms with Gasteiger partial charge in [-0.1, -0.05) is 27.0 Å². The van der Waals surface area contributed by atoms with Crippen LogP contribution in [0.2, 0.25) is 0 Å². The van der Waals surface area contributed by atoms with Gasteiger partial charge < -0.3 is 5.73 Å². The van der Waals surface area contributed by atoms with Crippen LogP contribution in [0.3, 0.4) is 0 Å². The number of allylic oxidation sites excluding steroid dienone is 1. The van der Waals surface area contributed by atoms with Gasteiger partial charge in [-0.2, -0.15) is 0 Å². The standard InChI is InChI=1S/C8H15N/c1-5-6(2)7(3)8(4)9/h6H,3-5,9H2,1-2H3. The number of nitrogens with two attached hydrogens (primary N) is 1. The molecule has 2 N–H and O–H groups in total. The Balaban J connectivity index is 3.88. The molecular formula is C8H15N. The number of hydrogen-bond acceptors (Lipinski definition) is 1. The predicted molar refractivity (Wildman–Crippen MR) is 41.9 cm³/mol. The lowest BCUT2D eigenvalue weighted by atomic mass is 9.98. The van der Waals surface area contributed by atoms with Crippen molar-refractivity contribution >= 4 is 0 Å². The molecule has 0 saturated carbocycles.